The number of ether oxygens (including phenoxy) is 1. The molecule has 1 aromatic heterocycles. The number of benzene rings is 2. The van der Waals surface area contributed by atoms with Crippen LogP contribution in [0, 0.1) is 0 Å². The zero-order chi connectivity index (χ0) is 20.9. The fraction of sp³-hybridized carbons (Fsp3) is 0.333. The molecule has 3 aromatic rings. The van der Waals surface area contributed by atoms with Crippen LogP contribution in [0.1, 0.15) is 31.7 Å². The Morgan fingerprint density at radius 2 is 1.80 bits per heavy atom. The van der Waals surface area contributed by atoms with Gasteiger partial charge < -0.3 is 19.9 Å². The molecule has 6 nitrogen and oxygen atoms in total. The Labute approximate surface area is 176 Å². The van der Waals surface area contributed by atoms with Crippen molar-refractivity contribution in [3.8, 4) is 0 Å². The van der Waals surface area contributed by atoms with E-state index in [1.165, 1.54) is 24.9 Å². The maximum Gasteiger partial charge on any atom is 0.311 e. The monoisotopic (exact) mass is 405 g/mol. The topological polar surface area (TPSA) is 74.4 Å². The Morgan fingerprint density at radius 3 is 2.57 bits per heavy atom. The summed E-state index contributed by atoms with van der Waals surface area (Å²) in [6, 6.07) is 15.6. The van der Waals surface area contributed by atoms with Gasteiger partial charge in [-0.3, -0.25) is 9.59 Å². The molecule has 0 bridgehead atoms. The maximum atomic E-state index is 12.4. The third-order valence-corrected chi connectivity index (χ3v) is 5.54. The summed E-state index contributed by atoms with van der Waals surface area (Å²) in [4.78, 5) is 30.3. The van der Waals surface area contributed by atoms with Crippen molar-refractivity contribution in [1.29, 1.82) is 0 Å². The first-order valence-corrected chi connectivity index (χ1v) is 10.5. The van der Waals surface area contributed by atoms with Crippen molar-refractivity contribution >= 4 is 34.2 Å². The molecule has 2 heterocycles. The standard InChI is InChI=1S/C24H27N3O3/c1-17(30-23(28)15-18-16-25-22-8-4-3-7-21(18)22)24(29)26-19-9-11-20(12-10-19)27-13-5-2-6-14-27/h3-4,7-12,16-17,25H,2,5-6,13-15H2,1H3,(H,26,29)/t17-/m1/s1. The number of hydrogen-bond donors (Lipinski definition) is 2. The molecule has 2 aromatic carbocycles. The number of amides is 1. The number of carbonyl (C=O) groups excluding carboxylic acids is 2. The number of H-pyrrole nitrogens is 1. The number of piperidine rings is 1. The summed E-state index contributed by atoms with van der Waals surface area (Å²) in [5.41, 5.74) is 3.70. The minimum atomic E-state index is -0.871. The molecular formula is C24H27N3O3. The first-order chi connectivity index (χ1) is 14.6. The lowest BCUT2D eigenvalue weighted by atomic mass is 10.1. The second-order valence-corrected chi connectivity index (χ2v) is 7.75. The van der Waals surface area contributed by atoms with Gasteiger partial charge in [-0.15, -0.1) is 0 Å². The van der Waals surface area contributed by atoms with Gasteiger partial charge in [0.15, 0.2) is 6.10 Å². The number of rotatable bonds is 6. The third-order valence-electron chi connectivity index (χ3n) is 5.54. The van der Waals surface area contributed by atoms with Crippen LogP contribution >= 0.6 is 0 Å². The molecule has 6 heteroatoms. The lowest BCUT2D eigenvalue weighted by Crippen LogP contribution is -2.30. The van der Waals surface area contributed by atoms with Crippen molar-refractivity contribution in [2.45, 2.75) is 38.7 Å². The Hall–Kier alpha value is -3.28. The first-order valence-electron chi connectivity index (χ1n) is 10.5. The number of carbonyl (C=O) groups is 2. The Balaban J connectivity index is 1.30. The van der Waals surface area contributed by atoms with Gasteiger partial charge in [0.2, 0.25) is 0 Å². The fourth-order valence-corrected chi connectivity index (χ4v) is 3.88. The van der Waals surface area contributed by atoms with Crippen molar-refractivity contribution < 1.29 is 14.3 Å². The van der Waals surface area contributed by atoms with Gasteiger partial charge in [0, 0.05) is 41.6 Å². The van der Waals surface area contributed by atoms with Crippen molar-refractivity contribution in [2.75, 3.05) is 23.3 Å². The average Bonchev–Trinajstić information content (AvgIpc) is 3.17. The zero-order valence-corrected chi connectivity index (χ0v) is 17.2. The van der Waals surface area contributed by atoms with Crippen LogP contribution in [0.2, 0.25) is 0 Å². The van der Waals surface area contributed by atoms with Crippen LogP contribution in [0.15, 0.2) is 54.7 Å². The predicted molar refractivity (Wildman–Crippen MR) is 119 cm³/mol. The van der Waals surface area contributed by atoms with E-state index >= 15 is 0 Å². The molecule has 0 saturated carbocycles. The number of nitrogens with zero attached hydrogens (tertiary/aromatic N) is 1. The quantitative estimate of drug-likeness (QED) is 0.601. The smallest absolute Gasteiger partial charge is 0.311 e. The molecule has 1 atom stereocenters. The first kappa shape index (κ1) is 20.0. The molecule has 1 saturated heterocycles. The molecule has 156 valence electrons. The largest absolute Gasteiger partial charge is 0.452 e. The molecule has 4 rings (SSSR count). The number of anilines is 2. The highest BCUT2D eigenvalue weighted by molar-refractivity contribution is 5.95. The molecule has 0 radical (unpaired) electrons. The molecule has 0 unspecified atom stereocenters. The van der Waals surface area contributed by atoms with Crippen LogP contribution in [-0.4, -0.2) is 36.1 Å². The third kappa shape index (κ3) is 4.64. The summed E-state index contributed by atoms with van der Waals surface area (Å²) in [5.74, 6) is -0.768. The van der Waals surface area contributed by atoms with Crippen LogP contribution in [0.25, 0.3) is 10.9 Å². The van der Waals surface area contributed by atoms with Gasteiger partial charge in [-0.25, -0.2) is 0 Å². The maximum absolute atomic E-state index is 12.4. The number of fused-ring (bicyclic) bond motifs is 1. The molecule has 0 spiro atoms. The van der Waals surface area contributed by atoms with Gasteiger partial charge in [-0.1, -0.05) is 18.2 Å². The second-order valence-electron chi connectivity index (χ2n) is 7.75. The zero-order valence-electron chi connectivity index (χ0n) is 17.2. The molecule has 1 aliphatic rings. The highest BCUT2D eigenvalue weighted by Crippen LogP contribution is 2.22. The SMILES string of the molecule is C[C@@H](OC(=O)Cc1c[nH]c2ccccc12)C(=O)Nc1ccc(N2CCCCC2)cc1. The molecule has 1 amide bonds. The lowest BCUT2D eigenvalue weighted by molar-refractivity contribution is -0.152. The van der Waals surface area contributed by atoms with E-state index in [0.29, 0.717) is 5.69 Å². The number of hydrogen-bond acceptors (Lipinski definition) is 4. The van der Waals surface area contributed by atoms with Crippen molar-refractivity contribution in [3.05, 3.63) is 60.3 Å². The van der Waals surface area contributed by atoms with Gasteiger partial charge in [0.05, 0.1) is 6.42 Å². The minimum Gasteiger partial charge on any atom is -0.452 e. The van der Waals surface area contributed by atoms with E-state index in [-0.39, 0.29) is 12.3 Å². The number of para-hydroxylation sites is 1. The molecule has 2 N–H and O–H groups in total. The van der Waals surface area contributed by atoms with Gasteiger partial charge in [-0.2, -0.15) is 0 Å². The number of nitrogens with one attached hydrogen (secondary N) is 2. The van der Waals surface area contributed by atoms with Crippen LogP contribution in [0.3, 0.4) is 0 Å². The molecule has 1 aliphatic heterocycles. The van der Waals surface area contributed by atoms with E-state index in [1.807, 2.05) is 48.5 Å². The molecule has 0 aliphatic carbocycles. The lowest BCUT2D eigenvalue weighted by Gasteiger charge is -2.28. The van der Waals surface area contributed by atoms with Crippen molar-refractivity contribution in [2.24, 2.45) is 0 Å². The summed E-state index contributed by atoms with van der Waals surface area (Å²) in [5, 5.41) is 3.81. The van der Waals surface area contributed by atoms with E-state index in [4.69, 9.17) is 4.74 Å². The number of aromatic amines is 1. The fourth-order valence-electron chi connectivity index (χ4n) is 3.88. The van der Waals surface area contributed by atoms with Gasteiger partial charge in [-0.05, 0) is 62.1 Å². The van der Waals surface area contributed by atoms with Gasteiger partial charge in [0.25, 0.3) is 5.91 Å². The molecule has 1 fully saturated rings. The highest BCUT2D eigenvalue weighted by atomic mass is 16.5. The summed E-state index contributed by atoms with van der Waals surface area (Å²) >= 11 is 0. The van der Waals surface area contributed by atoms with Crippen LogP contribution in [0.4, 0.5) is 11.4 Å². The minimum absolute atomic E-state index is 0.117. The van der Waals surface area contributed by atoms with E-state index in [1.54, 1.807) is 13.1 Å². The van der Waals surface area contributed by atoms with Gasteiger partial charge >= 0.3 is 5.97 Å². The number of aromatic nitrogens is 1. The highest BCUT2D eigenvalue weighted by Gasteiger charge is 2.19. The summed E-state index contributed by atoms with van der Waals surface area (Å²) in [7, 11) is 0. The van der Waals surface area contributed by atoms with Crippen LogP contribution < -0.4 is 10.2 Å². The van der Waals surface area contributed by atoms with Crippen LogP contribution in [0.5, 0.6) is 0 Å². The van der Waals surface area contributed by atoms with Gasteiger partial charge in [0.1, 0.15) is 0 Å². The summed E-state index contributed by atoms with van der Waals surface area (Å²) in [6.45, 7) is 3.74. The molecule has 30 heavy (non-hydrogen) atoms. The van der Waals surface area contributed by atoms with E-state index in [2.05, 4.69) is 15.2 Å². The van der Waals surface area contributed by atoms with E-state index < -0.39 is 12.1 Å². The van der Waals surface area contributed by atoms with E-state index in [0.717, 1.165) is 29.6 Å². The summed E-state index contributed by atoms with van der Waals surface area (Å²) < 4.78 is 5.35. The number of esters is 1. The summed E-state index contributed by atoms with van der Waals surface area (Å²) in [6.07, 6.45) is 4.79. The van der Waals surface area contributed by atoms with Crippen LogP contribution in [-0.2, 0) is 20.7 Å². The second kappa shape index (κ2) is 9.03. The Bertz CT molecular complexity index is 1020. The van der Waals surface area contributed by atoms with Crippen molar-refractivity contribution in [1.82, 2.24) is 4.98 Å². The Morgan fingerprint density at radius 1 is 1.07 bits per heavy atom. The average molecular weight is 405 g/mol. The van der Waals surface area contributed by atoms with Crippen molar-refractivity contribution in [3.63, 3.8) is 0 Å². The molecular weight excluding hydrogens is 378 g/mol. The normalized spacial score (nSPS) is 15.0. The van der Waals surface area contributed by atoms with E-state index in [9.17, 15) is 9.59 Å². The Kier molecular flexibility index (Phi) is 6.02. The predicted octanol–water partition coefficient (Wildman–Crippen LogP) is 4.27.